The SMILES string of the molecule is CCCC/C=C\CCCCCCC(O)C(=O)NC(COC1OC(CO)C(O)C(O)C1O)C(O)C(O)CCCCCCCCCCCCCCCCCCCCCCCCCCCCCCCCC. The van der Waals surface area contributed by atoms with E-state index in [1.165, 1.54) is 186 Å². The van der Waals surface area contributed by atoms with Crippen LogP contribution in [-0.4, -0.2) is 110 Å². The van der Waals surface area contributed by atoms with Gasteiger partial charge in [0.1, 0.15) is 36.6 Å². The largest absolute Gasteiger partial charge is 0.394 e. The van der Waals surface area contributed by atoms with Gasteiger partial charge in [0.25, 0.3) is 0 Å². The molecule has 0 aromatic carbocycles. The number of rotatable bonds is 50. The van der Waals surface area contributed by atoms with Crippen molar-refractivity contribution in [1.29, 1.82) is 0 Å². The summed E-state index contributed by atoms with van der Waals surface area (Å²) >= 11 is 0. The highest BCUT2D eigenvalue weighted by Crippen LogP contribution is 2.24. The number of ether oxygens (including phenoxy) is 2. The van der Waals surface area contributed by atoms with E-state index in [9.17, 15) is 40.5 Å². The number of aliphatic hydroxyl groups excluding tert-OH is 7. The molecule has 0 spiro atoms. The highest BCUT2D eigenvalue weighted by atomic mass is 16.7. The van der Waals surface area contributed by atoms with E-state index in [0.29, 0.717) is 19.3 Å². The number of aliphatic hydroxyl groups is 7. The number of nitrogens with one attached hydrogen (secondary N) is 1. The molecule has 1 aliphatic heterocycles. The molecule has 0 aromatic heterocycles. The Hall–Kier alpha value is -1.15. The van der Waals surface area contributed by atoms with Crippen molar-refractivity contribution >= 4 is 5.91 Å². The van der Waals surface area contributed by atoms with Crippen LogP contribution in [0.4, 0.5) is 0 Å². The van der Waals surface area contributed by atoms with Gasteiger partial charge in [-0.25, -0.2) is 0 Å². The van der Waals surface area contributed by atoms with Gasteiger partial charge in [-0.2, -0.15) is 0 Å². The minimum atomic E-state index is -1.66. The van der Waals surface area contributed by atoms with Crippen LogP contribution in [-0.2, 0) is 14.3 Å². The van der Waals surface area contributed by atoms with E-state index in [1.807, 2.05) is 0 Å². The number of amides is 1. The summed E-state index contributed by atoms with van der Waals surface area (Å²) in [6.07, 6.45) is 43.1. The highest BCUT2D eigenvalue weighted by Gasteiger charge is 2.44. The third kappa shape index (κ3) is 35.1. The molecule has 1 amide bonds. The highest BCUT2D eigenvalue weighted by molar-refractivity contribution is 5.80. The molecular weight excluding hydrogens is 859 g/mol. The second-order valence-corrected chi connectivity index (χ2v) is 20.7. The van der Waals surface area contributed by atoms with E-state index in [-0.39, 0.29) is 6.42 Å². The summed E-state index contributed by atoms with van der Waals surface area (Å²) in [4.78, 5) is 13.1. The van der Waals surface area contributed by atoms with Crippen molar-refractivity contribution in [3.63, 3.8) is 0 Å². The van der Waals surface area contributed by atoms with Gasteiger partial charge < -0.3 is 50.5 Å². The Labute approximate surface area is 417 Å². The second-order valence-electron chi connectivity index (χ2n) is 20.7. The fourth-order valence-electron chi connectivity index (χ4n) is 9.54. The summed E-state index contributed by atoms with van der Waals surface area (Å²) in [7, 11) is 0. The summed E-state index contributed by atoms with van der Waals surface area (Å²) in [6, 6.07) is -1.17. The summed E-state index contributed by atoms with van der Waals surface area (Å²) in [5, 5.41) is 75.9. The van der Waals surface area contributed by atoms with E-state index in [4.69, 9.17) is 9.47 Å². The van der Waals surface area contributed by atoms with Gasteiger partial charge in [-0.05, 0) is 32.1 Å². The van der Waals surface area contributed by atoms with Crippen LogP contribution in [0.25, 0.3) is 0 Å². The molecule has 8 N–H and O–H groups in total. The molecule has 0 aromatic rings. The minimum Gasteiger partial charge on any atom is -0.394 e. The van der Waals surface area contributed by atoms with Crippen molar-refractivity contribution in [1.82, 2.24) is 5.32 Å². The Balaban J connectivity index is 2.17. The third-order valence-corrected chi connectivity index (χ3v) is 14.3. The van der Waals surface area contributed by atoms with E-state index in [0.717, 1.165) is 51.4 Å². The lowest BCUT2D eigenvalue weighted by molar-refractivity contribution is -0.303. The standard InChI is InChI=1S/C57H111NO10/c1-3-5-7-9-11-13-15-16-17-18-19-20-21-22-23-24-25-26-27-28-29-30-31-32-33-34-35-37-38-40-42-44-49(60)52(62)48(47-67-57-55(65)54(64)53(63)51(46-59)68-57)58-56(66)50(61)45-43-41-39-36-14-12-10-8-6-4-2/h10,12,48-55,57,59-65H,3-9,11,13-47H2,1-2H3,(H,58,66)/b12-10-. The van der Waals surface area contributed by atoms with Crippen molar-refractivity contribution < 1.29 is 50.0 Å². The minimum absolute atomic E-state index is 0.247. The topological polar surface area (TPSA) is 189 Å². The van der Waals surface area contributed by atoms with E-state index < -0.39 is 74.2 Å². The van der Waals surface area contributed by atoms with Crippen LogP contribution in [0.5, 0.6) is 0 Å². The summed E-state index contributed by atoms with van der Waals surface area (Å²) in [6.45, 7) is 3.41. The first kappa shape index (κ1) is 64.9. The van der Waals surface area contributed by atoms with Gasteiger partial charge in [-0.3, -0.25) is 4.79 Å². The number of unbranched alkanes of at least 4 members (excludes halogenated alkanes) is 36. The monoisotopic (exact) mass is 970 g/mol. The van der Waals surface area contributed by atoms with Gasteiger partial charge in [0.05, 0.1) is 25.4 Å². The first-order valence-corrected chi connectivity index (χ1v) is 29.1. The number of allylic oxidation sites excluding steroid dienone is 2. The van der Waals surface area contributed by atoms with E-state index in [1.54, 1.807) is 0 Å². The number of hydrogen-bond acceptors (Lipinski definition) is 10. The molecule has 9 unspecified atom stereocenters. The summed E-state index contributed by atoms with van der Waals surface area (Å²) < 4.78 is 11.1. The molecule has 1 saturated heterocycles. The quantitative estimate of drug-likeness (QED) is 0.0215. The van der Waals surface area contributed by atoms with Gasteiger partial charge in [0, 0.05) is 0 Å². The van der Waals surface area contributed by atoms with Crippen molar-refractivity contribution in [2.24, 2.45) is 0 Å². The second kappa shape index (κ2) is 46.9. The Morgan fingerprint density at radius 1 is 0.500 bits per heavy atom. The number of carbonyl (C=O) groups is 1. The molecule has 0 radical (unpaired) electrons. The molecule has 9 atom stereocenters. The summed E-state index contributed by atoms with van der Waals surface area (Å²) in [5.41, 5.74) is 0. The Kier molecular flexibility index (Phi) is 44.7. The van der Waals surface area contributed by atoms with Crippen molar-refractivity contribution in [3.05, 3.63) is 12.2 Å². The lowest BCUT2D eigenvalue weighted by atomic mass is 9.98. The van der Waals surface area contributed by atoms with Gasteiger partial charge in [-0.15, -0.1) is 0 Å². The van der Waals surface area contributed by atoms with E-state index >= 15 is 0 Å². The molecule has 0 saturated carbocycles. The smallest absolute Gasteiger partial charge is 0.249 e. The molecule has 0 bridgehead atoms. The molecule has 0 aliphatic carbocycles. The van der Waals surface area contributed by atoms with Gasteiger partial charge in [0.2, 0.25) is 5.91 Å². The lowest BCUT2D eigenvalue weighted by Gasteiger charge is -2.40. The average molecular weight is 971 g/mol. The molecule has 1 aliphatic rings. The Morgan fingerprint density at radius 3 is 1.28 bits per heavy atom. The van der Waals surface area contributed by atoms with E-state index in [2.05, 4.69) is 31.3 Å². The fourth-order valence-corrected chi connectivity index (χ4v) is 9.54. The molecule has 404 valence electrons. The zero-order chi connectivity index (χ0) is 49.7. The maximum absolute atomic E-state index is 13.1. The molecule has 1 heterocycles. The Morgan fingerprint density at radius 2 is 0.868 bits per heavy atom. The van der Waals surface area contributed by atoms with Crippen LogP contribution < -0.4 is 5.32 Å². The summed E-state index contributed by atoms with van der Waals surface area (Å²) in [5.74, 6) is -0.705. The van der Waals surface area contributed by atoms with Gasteiger partial charge >= 0.3 is 0 Å². The van der Waals surface area contributed by atoms with Crippen LogP contribution in [0, 0.1) is 0 Å². The number of carbonyl (C=O) groups excluding carboxylic acids is 1. The third-order valence-electron chi connectivity index (χ3n) is 14.3. The predicted molar refractivity (Wildman–Crippen MR) is 279 cm³/mol. The molecule has 11 heteroatoms. The zero-order valence-corrected chi connectivity index (χ0v) is 44.1. The van der Waals surface area contributed by atoms with Gasteiger partial charge in [-0.1, -0.05) is 257 Å². The molecule has 1 fully saturated rings. The van der Waals surface area contributed by atoms with Crippen molar-refractivity contribution in [2.75, 3.05) is 13.2 Å². The Bertz CT molecular complexity index is 1110. The maximum atomic E-state index is 13.1. The van der Waals surface area contributed by atoms with Crippen LogP contribution >= 0.6 is 0 Å². The van der Waals surface area contributed by atoms with Crippen LogP contribution in [0.15, 0.2) is 12.2 Å². The van der Waals surface area contributed by atoms with Crippen LogP contribution in [0.2, 0.25) is 0 Å². The molecular formula is C57H111NO10. The normalized spacial score (nSPS) is 20.5. The van der Waals surface area contributed by atoms with Crippen LogP contribution in [0.3, 0.4) is 0 Å². The maximum Gasteiger partial charge on any atom is 0.249 e. The van der Waals surface area contributed by atoms with Crippen molar-refractivity contribution in [2.45, 2.75) is 332 Å². The first-order chi connectivity index (χ1) is 33.2. The van der Waals surface area contributed by atoms with Crippen molar-refractivity contribution in [3.8, 4) is 0 Å². The molecule has 1 rings (SSSR count). The lowest BCUT2D eigenvalue weighted by Crippen LogP contribution is -2.60. The molecule has 11 nitrogen and oxygen atoms in total. The predicted octanol–water partition coefficient (Wildman–Crippen LogP) is 12.0. The number of hydrogen-bond donors (Lipinski definition) is 8. The zero-order valence-electron chi connectivity index (χ0n) is 44.1. The first-order valence-electron chi connectivity index (χ1n) is 29.1. The fraction of sp³-hybridized carbons (Fsp3) is 0.947. The molecule has 68 heavy (non-hydrogen) atoms. The average Bonchev–Trinajstić information content (AvgIpc) is 3.34. The van der Waals surface area contributed by atoms with Crippen LogP contribution in [0.1, 0.15) is 277 Å². The van der Waals surface area contributed by atoms with Gasteiger partial charge in [0.15, 0.2) is 6.29 Å².